The van der Waals surface area contributed by atoms with Gasteiger partial charge in [0, 0.05) is 29.0 Å². The van der Waals surface area contributed by atoms with Crippen molar-refractivity contribution in [2.45, 2.75) is 63.4 Å². The van der Waals surface area contributed by atoms with E-state index in [9.17, 15) is 9.59 Å². The Balaban J connectivity index is 1.54. The fraction of sp³-hybridized carbons (Fsp3) is 0.400. The molecule has 194 valence electrons. The summed E-state index contributed by atoms with van der Waals surface area (Å²) in [6.45, 7) is 1.80. The fourth-order valence-corrected chi connectivity index (χ4v) is 5.89. The molecule has 7 heteroatoms. The highest BCUT2D eigenvalue weighted by molar-refractivity contribution is 6.04. The number of benzene rings is 2. The Hall–Kier alpha value is -3.61. The zero-order chi connectivity index (χ0) is 26.1. The molecule has 2 atom stereocenters. The van der Waals surface area contributed by atoms with E-state index in [2.05, 4.69) is 5.32 Å². The normalized spacial score (nSPS) is 22.0. The molecule has 0 aromatic heterocycles. The van der Waals surface area contributed by atoms with Crippen molar-refractivity contribution in [2.24, 2.45) is 0 Å². The van der Waals surface area contributed by atoms with Crippen molar-refractivity contribution in [1.82, 2.24) is 5.32 Å². The van der Waals surface area contributed by atoms with Crippen molar-refractivity contribution in [2.75, 3.05) is 14.2 Å². The Morgan fingerprint density at radius 3 is 2.43 bits per heavy atom. The van der Waals surface area contributed by atoms with Gasteiger partial charge in [-0.2, -0.15) is 0 Å². The molecule has 0 saturated heterocycles. The van der Waals surface area contributed by atoms with Crippen molar-refractivity contribution < 1.29 is 28.2 Å². The van der Waals surface area contributed by atoms with Crippen LogP contribution >= 0.6 is 0 Å². The number of hydrogen-bond acceptors (Lipinski definition) is 6. The third-order valence-corrected chi connectivity index (χ3v) is 7.72. The van der Waals surface area contributed by atoms with Gasteiger partial charge >= 0.3 is 5.97 Å². The van der Waals surface area contributed by atoms with E-state index in [-0.39, 0.29) is 24.2 Å². The minimum atomic E-state index is -0.815. The van der Waals surface area contributed by atoms with E-state index in [0.29, 0.717) is 40.3 Å². The summed E-state index contributed by atoms with van der Waals surface area (Å²) in [6, 6.07) is 12.0. The van der Waals surface area contributed by atoms with Crippen molar-refractivity contribution >= 4 is 11.8 Å². The van der Waals surface area contributed by atoms with E-state index in [1.165, 1.54) is 6.07 Å². The molecular formula is C30H32FNO5. The number of carbonyl (C=O) groups is 2. The Morgan fingerprint density at radius 2 is 1.73 bits per heavy atom. The number of hydrogen-bond donors (Lipinski definition) is 1. The van der Waals surface area contributed by atoms with E-state index in [1.54, 1.807) is 39.3 Å². The fourth-order valence-electron chi connectivity index (χ4n) is 5.89. The minimum absolute atomic E-state index is 0.0976. The maximum atomic E-state index is 15.2. The van der Waals surface area contributed by atoms with E-state index in [0.717, 1.165) is 36.9 Å². The number of ether oxygens (including phenoxy) is 3. The molecule has 0 amide bonds. The molecule has 1 N–H and O–H groups in total. The van der Waals surface area contributed by atoms with Crippen LogP contribution in [0.2, 0.25) is 0 Å². The molecule has 0 spiro atoms. The lowest BCUT2D eigenvalue weighted by atomic mass is 9.71. The highest BCUT2D eigenvalue weighted by atomic mass is 19.1. The second kappa shape index (κ2) is 10.4. The van der Waals surface area contributed by atoms with Crippen LogP contribution in [0.15, 0.2) is 65.0 Å². The summed E-state index contributed by atoms with van der Waals surface area (Å²) in [7, 11) is 3.16. The number of Topliss-reactive ketones (excluding diaryl/α,β-unsaturated/α-hetero) is 1. The van der Waals surface area contributed by atoms with E-state index in [1.807, 2.05) is 18.2 Å². The van der Waals surface area contributed by atoms with Crippen LogP contribution in [0.5, 0.6) is 11.5 Å². The first-order valence-electron chi connectivity index (χ1n) is 12.8. The Bertz CT molecular complexity index is 1290. The van der Waals surface area contributed by atoms with Gasteiger partial charge in [-0.1, -0.05) is 24.3 Å². The highest BCUT2D eigenvalue weighted by Gasteiger charge is 2.43. The van der Waals surface area contributed by atoms with Crippen molar-refractivity contribution in [3.63, 3.8) is 0 Å². The first-order valence-corrected chi connectivity index (χ1v) is 12.8. The zero-order valence-electron chi connectivity index (χ0n) is 21.4. The molecule has 0 unspecified atom stereocenters. The Kier molecular flexibility index (Phi) is 7.04. The van der Waals surface area contributed by atoms with E-state index >= 15 is 4.39 Å². The zero-order valence-corrected chi connectivity index (χ0v) is 21.4. The Labute approximate surface area is 216 Å². The molecule has 1 heterocycles. The highest BCUT2D eigenvalue weighted by Crippen LogP contribution is 2.47. The number of nitrogens with one attached hydrogen (secondary N) is 1. The van der Waals surface area contributed by atoms with Gasteiger partial charge in [-0.25, -0.2) is 9.18 Å². The number of methoxy groups -OCH3 is 2. The van der Waals surface area contributed by atoms with Crippen LogP contribution in [0.1, 0.15) is 68.4 Å². The maximum Gasteiger partial charge on any atom is 0.337 e. The van der Waals surface area contributed by atoms with Gasteiger partial charge in [-0.15, -0.1) is 0 Å². The first-order chi connectivity index (χ1) is 17.9. The molecular weight excluding hydrogens is 473 g/mol. The van der Waals surface area contributed by atoms with Crippen LogP contribution < -0.4 is 14.8 Å². The predicted octanol–water partition coefficient (Wildman–Crippen LogP) is 5.69. The molecule has 1 saturated carbocycles. The van der Waals surface area contributed by atoms with Gasteiger partial charge in [-0.3, -0.25) is 4.79 Å². The number of ketones is 1. The van der Waals surface area contributed by atoms with Crippen LogP contribution in [-0.4, -0.2) is 32.1 Å². The predicted molar refractivity (Wildman–Crippen MR) is 137 cm³/mol. The average Bonchev–Trinajstić information content (AvgIpc) is 3.40. The van der Waals surface area contributed by atoms with Crippen molar-refractivity contribution in [3.05, 3.63) is 81.9 Å². The van der Waals surface area contributed by atoms with Crippen LogP contribution in [0.3, 0.4) is 0 Å². The SMILES string of the molecule is COc1ccc([C@@H]2CC(=O)C3=C(C2)NC(C)=C(C(=O)OC2CCCC2)[C@H]3c2ccccc2F)cc1OC. The number of allylic oxidation sites excluding steroid dienone is 3. The van der Waals surface area contributed by atoms with Gasteiger partial charge in [0.15, 0.2) is 17.3 Å². The number of dihydropyridines is 1. The quantitative estimate of drug-likeness (QED) is 0.509. The molecule has 2 aliphatic carbocycles. The molecule has 0 bridgehead atoms. The molecule has 1 fully saturated rings. The standard InChI is InChI=1S/C30H32FNO5/c1-17-27(30(34)37-20-8-4-5-9-20)28(21-10-6-7-11-22(21)31)29-23(32-17)14-19(15-24(29)33)18-12-13-25(35-2)26(16-18)36-3/h6-7,10-13,16,19-20,28,32H,4-5,8-9,14-15H2,1-3H3/t19-,28+/m0/s1. The van der Waals surface area contributed by atoms with Gasteiger partial charge in [0.25, 0.3) is 0 Å². The molecule has 2 aromatic carbocycles. The third kappa shape index (κ3) is 4.75. The van der Waals surface area contributed by atoms with Gasteiger partial charge < -0.3 is 19.5 Å². The first kappa shape index (κ1) is 25.1. The summed E-state index contributed by atoms with van der Waals surface area (Å²) in [5, 5.41) is 3.33. The van der Waals surface area contributed by atoms with Crippen molar-refractivity contribution in [3.8, 4) is 11.5 Å². The lowest BCUT2D eigenvalue weighted by Crippen LogP contribution is -2.37. The largest absolute Gasteiger partial charge is 0.493 e. The lowest BCUT2D eigenvalue weighted by Gasteiger charge is -2.37. The van der Waals surface area contributed by atoms with Crippen LogP contribution in [-0.2, 0) is 14.3 Å². The van der Waals surface area contributed by atoms with Gasteiger partial charge in [0.05, 0.1) is 25.7 Å². The molecule has 0 radical (unpaired) electrons. The Morgan fingerprint density at radius 1 is 1.00 bits per heavy atom. The van der Waals surface area contributed by atoms with Crippen LogP contribution in [0, 0.1) is 5.82 Å². The lowest BCUT2D eigenvalue weighted by molar-refractivity contribution is -0.144. The van der Waals surface area contributed by atoms with Crippen LogP contribution in [0.4, 0.5) is 4.39 Å². The van der Waals surface area contributed by atoms with Gasteiger partial charge in [-0.05, 0) is 68.7 Å². The average molecular weight is 506 g/mol. The molecule has 3 aliphatic rings. The number of rotatable bonds is 6. The van der Waals surface area contributed by atoms with E-state index in [4.69, 9.17) is 14.2 Å². The monoisotopic (exact) mass is 505 g/mol. The smallest absolute Gasteiger partial charge is 0.337 e. The maximum absolute atomic E-state index is 15.2. The van der Waals surface area contributed by atoms with Gasteiger partial charge in [0.2, 0.25) is 0 Å². The molecule has 6 nitrogen and oxygen atoms in total. The van der Waals surface area contributed by atoms with Crippen LogP contribution in [0.25, 0.3) is 0 Å². The molecule has 1 aliphatic heterocycles. The molecule has 2 aromatic rings. The van der Waals surface area contributed by atoms with Gasteiger partial charge in [0.1, 0.15) is 11.9 Å². The summed E-state index contributed by atoms with van der Waals surface area (Å²) < 4.78 is 31.8. The summed E-state index contributed by atoms with van der Waals surface area (Å²) in [5.41, 5.74) is 3.34. The third-order valence-electron chi connectivity index (χ3n) is 7.72. The summed E-state index contributed by atoms with van der Waals surface area (Å²) in [4.78, 5) is 27.2. The summed E-state index contributed by atoms with van der Waals surface area (Å²) in [6.07, 6.45) is 4.35. The number of esters is 1. The van der Waals surface area contributed by atoms with E-state index < -0.39 is 17.7 Å². The summed E-state index contributed by atoms with van der Waals surface area (Å²) >= 11 is 0. The topological polar surface area (TPSA) is 73.9 Å². The molecule has 5 rings (SSSR count). The number of halogens is 1. The summed E-state index contributed by atoms with van der Waals surface area (Å²) in [5.74, 6) is -0.735. The minimum Gasteiger partial charge on any atom is -0.493 e. The second-order valence-electron chi connectivity index (χ2n) is 9.96. The van der Waals surface area contributed by atoms with Crippen molar-refractivity contribution in [1.29, 1.82) is 0 Å². The second-order valence-corrected chi connectivity index (χ2v) is 9.96. The molecule has 37 heavy (non-hydrogen) atoms. The number of carbonyl (C=O) groups excluding carboxylic acids is 2.